The number of hydrogen-bond donors (Lipinski definition) is 1. The maximum atomic E-state index is 13.7. The van der Waals surface area contributed by atoms with Crippen LogP contribution in [0.4, 0.5) is 14.5 Å². The van der Waals surface area contributed by atoms with Crippen molar-refractivity contribution in [2.75, 3.05) is 11.9 Å². The monoisotopic (exact) mass is 251 g/mol. The van der Waals surface area contributed by atoms with Gasteiger partial charge in [0.25, 0.3) is 0 Å². The summed E-state index contributed by atoms with van der Waals surface area (Å²) in [4.78, 5) is 4.08. The Bertz CT molecular complexity index is 549. The zero-order valence-electron chi connectivity index (χ0n) is 10.4. The first-order valence-electron chi connectivity index (χ1n) is 5.76. The van der Waals surface area contributed by atoms with Gasteiger partial charge >= 0.3 is 0 Å². The van der Waals surface area contributed by atoms with Crippen molar-refractivity contribution < 1.29 is 8.78 Å². The average Bonchev–Trinajstić information content (AvgIpc) is 2.74. The van der Waals surface area contributed by atoms with Crippen molar-refractivity contribution in [1.82, 2.24) is 9.55 Å². The second-order valence-corrected chi connectivity index (χ2v) is 4.15. The number of aromatic nitrogens is 2. The molecule has 18 heavy (non-hydrogen) atoms. The molecule has 1 aromatic carbocycles. The van der Waals surface area contributed by atoms with Crippen molar-refractivity contribution in [3.63, 3.8) is 0 Å². The molecule has 0 amide bonds. The number of aryl methyl sites for hydroxylation is 2. The molecule has 0 fully saturated rings. The second-order valence-electron chi connectivity index (χ2n) is 4.15. The number of benzene rings is 1. The van der Waals surface area contributed by atoms with Crippen LogP contribution in [0, 0.1) is 25.5 Å². The van der Waals surface area contributed by atoms with Gasteiger partial charge in [-0.25, -0.2) is 13.8 Å². The molecule has 0 atom stereocenters. The lowest BCUT2D eigenvalue weighted by molar-refractivity contribution is 0.579. The lowest BCUT2D eigenvalue weighted by atomic mass is 10.2. The largest absolute Gasteiger partial charge is 0.378 e. The topological polar surface area (TPSA) is 29.9 Å². The minimum absolute atomic E-state index is 0.0623. The van der Waals surface area contributed by atoms with Gasteiger partial charge in [-0.15, -0.1) is 0 Å². The quantitative estimate of drug-likeness (QED) is 0.905. The van der Waals surface area contributed by atoms with Crippen molar-refractivity contribution in [3.05, 3.63) is 47.5 Å². The van der Waals surface area contributed by atoms with E-state index in [1.807, 2.05) is 17.7 Å². The standard InChI is InChI=1S/C13H15F2N3/c1-9-3-4-11(14)13(12(9)15)17-6-8-18-7-5-16-10(18)2/h3-5,7,17H,6,8H2,1-2H3. The molecule has 0 spiro atoms. The van der Waals surface area contributed by atoms with Crippen LogP contribution in [0.3, 0.4) is 0 Å². The molecule has 0 unspecified atom stereocenters. The number of nitrogens with zero attached hydrogens (tertiary/aromatic N) is 2. The normalized spacial score (nSPS) is 10.7. The van der Waals surface area contributed by atoms with Gasteiger partial charge in [0.1, 0.15) is 17.3 Å². The Labute approximate surface area is 104 Å². The van der Waals surface area contributed by atoms with E-state index in [2.05, 4.69) is 10.3 Å². The van der Waals surface area contributed by atoms with Crippen LogP contribution >= 0.6 is 0 Å². The fourth-order valence-corrected chi connectivity index (χ4v) is 1.76. The van der Waals surface area contributed by atoms with Crippen molar-refractivity contribution in [2.45, 2.75) is 20.4 Å². The van der Waals surface area contributed by atoms with Crippen LogP contribution in [0.5, 0.6) is 0 Å². The Hall–Kier alpha value is -1.91. The molecule has 1 N–H and O–H groups in total. The molecule has 5 heteroatoms. The van der Waals surface area contributed by atoms with Crippen LogP contribution in [-0.4, -0.2) is 16.1 Å². The van der Waals surface area contributed by atoms with Gasteiger partial charge in [0.15, 0.2) is 5.82 Å². The second kappa shape index (κ2) is 5.16. The molecule has 1 aromatic heterocycles. The Morgan fingerprint density at radius 3 is 2.72 bits per heavy atom. The Kier molecular flexibility index (Phi) is 3.60. The van der Waals surface area contributed by atoms with E-state index in [-0.39, 0.29) is 5.69 Å². The Morgan fingerprint density at radius 2 is 2.06 bits per heavy atom. The van der Waals surface area contributed by atoms with Crippen LogP contribution in [0.2, 0.25) is 0 Å². The van der Waals surface area contributed by atoms with Crippen LogP contribution in [-0.2, 0) is 6.54 Å². The molecule has 0 saturated carbocycles. The summed E-state index contributed by atoms with van der Waals surface area (Å²) in [5, 5.41) is 2.79. The average molecular weight is 251 g/mol. The zero-order chi connectivity index (χ0) is 13.1. The first-order valence-corrected chi connectivity index (χ1v) is 5.76. The third-order valence-electron chi connectivity index (χ3n) is 2.86. The van der Waals surface area contributed by atoms with E-state index in [4.69, 9.17) is 0 Å². The third kappa shape index (κ3) is 2.50. The lowest BCUT2D eigenvalue weighted by Gasteiger charge is -2.11. The molecule has 0 saturated heterocycles. The number of halogens is 2. The fraction of sp³-hybridized carbons (Fsp3) is 0.308. The van der Waals surface area contributed by atoms with Crippen LogP contribution in [0.15, 0.2) is 24.5 Å². The highest BCUT2D eigenvalue weighted by molar-refractivity contribution is 5.48. The van der Waals surface area contributed by atoms with Crippen LogP contribution in [0.1, 0.15) is 11.4 Å². The van der Waals surface area contributed by atoms with E-state index in [1.54, 1.807) is 13.1 Å². The number of nitrogens with one attached hydrogen (secondary N) is 1. The summed E-state index contributed by atoms with van der Waals surface area (Å²) in [7, 11) is 0. The summed E-state index contributed by atoms with van der Waals surface area (Å²) in [6.45, 7) is 4.54. The minimum atomic E-state index is -0.569. The summed E-state index contributed by atoms with van der Waals surface area (Å²) >= 11 is 0. The van der Waals surface area contributed by atoms with Gasteiger partial charge in [-0.3, -0.25) is 0 Å². The molecule has 2 aromatic rings. The zero-order valence-corrected chi connectivity index (χ0v) is 10.4. The lowest BCUT2D eigenvalue weighted by Crippen LogP contribution is -2.13. The highest BCUT2D eigenvalue weighted by atomic mass is 19.1. The first kappa shape index (κ1) is 12.5. The van der Waals surface area contributed by atoms with Crippen molar-refractivity contribution in [1.29, 1.82) is 0 Å². The molecule has 0 bridgehead atoms. The summed E-state index contributed by atoms with van der Waals surface area (Å²) < 4.78 is 29.1. The van der Waals surface area contributed by atoms with E-state index in [0.717, 1.165) is 5.82 Å². The Balaban J connectivity index is 2.03. The van der Waals surface area contributed by atoms with Gasteiger partial charge < -0.3 is 9.88 Å². The molecule has 1 heterocycles. The predicted molar refractivity (Wildman–Crippen MR) is 66.5 cm³/mol. The number of hydrogen-bond acceptors (Lipinski definition) is 2. The van der Waals surface area contributed by atoms with Gasteiger partial charge in [0, 0.05) is 25.5 Å². The van der Waals surface area contributed by atoms with Gasteiger partial charge in [-0.2, -0.15) is 0 Å². The summed E-state index contributed by atoms with van der Waals surface area (Å²) in [5.41, 5.74) is 0.366. The maximum absolute atomic E-state index is 13.7. The van der Waals surface area contributed by atoms with Gasteiger partial charge in [0.2, 0.25) is 0 Å². The van der Waals surface area contributed by atoms with Gasteiger partial charge in [-0.05, 0) is 25.5 Å². The predicted octanol–water partition coefficient (Wildman–Crippen LogP) is 2.89. The molecule has 0 aliphatic heterocycles. The van der Waals surface area contributed by atoms with Crippen LogP contribution < -0.4 is 5.32 Å². The summed E-state index contributed by atoms with van der Waals surface area (Å²) in [6.07, 6.45) is 3.53. The van der Waals surface area contributed by atoms with Gasteiger partial charge in [-0.1, -0.05) is 6.07 Å². The first-order chi connectivity index (χ1) is 8.59. The maximum Gasteiger partial charge on any atom is 0.152 e. The van der Waals surface area contributed by atoms with Crippen molar-refractivity contribution in [2.24, 2.45) is 0 Å². The minimum Gasteiger partial charge on any atom is -0.378 e. The number of anilines is 1. The molecule has 0 aliphatic carbocycles. The Morgan fingerprint density at radius 1 is 1.28 bits per heavy atom. The van der Waals surface area contributed by atoms with E-state index in [0.29, 0.717) is 18.7 Å². The molecule has 2 rings (SSSR count). The smallest absolute Gasteiger partial charge is 0.152 e. The number of rotatable bonds is 4. The van der Waals surface area contributed by atoms with Crippen LogP contribution in [0.25, 0.3) is 0 Å². The van der Waals surface area contributed by atoms with Crippen molar-refractivity contribution in [3.8, 4) is 0 Å². The number of imidazole rings is 1. The molecule has 96 valence electrons. The molecule has 0 aliphatic rings. The van der Waals surface area contributed by atoms with Crippen molar-refractivity contribution >= 4 is 5.69 Å². The summed E-state index contributed by atoms with van der Waals surface area (Å²) in [6, 6.07) is 2.69. The highest BCUT2D eigenvalue weighted by Gasteiger charge is 2.10. The van der Waals surface area contributed by atoms with E-state index < -0.39 is 11.6 Å². The highest BCUT2D eigenvalue weighted by Crippen LogP contribution is 2.21. The third-order valence-corrected chi connectivity index (χ3v) is 2.86. The molecule has 0 radical (unpaired) electrons. The van der Waals surface area contributed by atoms with E-state index >= 15 is 0 Å². The SMILES string of the molecule is Cc1ccc(F)c(NCCn2ccnc2C)c1F. The molecular formula is C13H15F2N3. The fourth-order valence-electron chi connectivity index (χ4n) is 1.76. The molecular weight excluding hydrogens is 236 g/mol. The van der Waals surface area contributed by atoms with E-state index in [1.165, 1.54) is 12.1 Å². The van der Waals surface area contributed by atoms with E-state index in [9.17, 15) is 8.78 Å². The molecule has 3 nitrogen and oxygen atoms in total. The van der Waals surface area contributed by atoms with Gasteiger partial charge in [0.05, 0.1) is 0 Å². The summed E-state index contributed by atoms with van der Waals surface area (Å²) in [5.74, 6) is -0.222.